The summed E-state index contributed by atoms with van der Waals surface area (Å²) in [6.07, 6.45) is 2.59. The molecule has 0 amide bonds. The number of hydrogen-bond donors (Lipinski definition) is 1. The average molecular weight is 225 g/mol. The van der Waals surface area contributed by atoms with Gasteiger partial charge in [-0.25, -0.2) is 0 Å². The van der Waals surface area contributed by atoms with Gasteiger partial charge in [-0.3, -0.25) is 0 Å². The Bertz CT molecular complexity index is 304. The monoisotopic (exact) mass is 224 g/mol. The Morgan fingerprint density at radius 2 is 2.13 bits per heavy atom. The molecule has 1 N–H and O–H groups in total. The fraction of sp³-hybridized carbons (Fsp3) is 0.500. The molecular weight excluding hydrogens is 208 g/mol. The number of likely N-dealkylation sites (N-methyl/N-ethyl adjacent to an activating group) is 1. The minimum atomic E-state index is 0.644. The highest BCUT2D eigenvalue weighted by atomic mass is 35.5. The predicted molar refractivity (Wildman–Crippen MR) is 65.7 cm³/mol. The van der Waals surface area contributed by atoms with E-state index in [-0.39, 0.29) is 0 Å². The number of nitrogens with zero attached hydrogens (tertiary/aromatic N) is 1. The highest BCUT2D eigenvalue weighted by molar-refractivity contribution is 6.30. The number of benzene rings is 1. The Hall–Kier alpha value is -0.730. The third-order valence-corrected chi connectivity index (χ3v) is 3.18. The number of rotatable bonds is 3. The molecule has 3 heteroatoms. The van der Waals surface area contributed by atoms with Crippen LogP contribution in [-0.2, 0) is 0 Å². The molecule has 2 nitrogen and oxygen atoms in total. The lowest BCUT2D eigenvalue weighted by atomic mass is 10.2. The van der Waals surface area contributed by atoms with E-state index in [0.29, 0.717) is 6.04 Å². The van der Waals surface area contributed by atoms with E-state index in [1.54, 1.807) is 0 Å². The van der Waals surface area contributed by atoms with Crippen molar-refractivity contribution in [2.24, 2.45) is 0 Å². The number of halogens is 1. The topological polar surface area (TPSA) is 15.3 Å². The quantitative estimate of drug-likeness (QED) is 0.849. The maximum absolute atomic E-state index is 5.86. The summed E-state index contributed by atoms with van der Waals surface area (Å²) in [5, 5.41) is 4.30. The normalized spacial score (nSPS) is 20.5. The molecule has 15 heavy (non-hydrogen) atoms. The van der Waals surface area contributed by atoms with E-state index in [0.717, 1.165) is 11.6 Å². The molecule has 2 rings (SSSR count). The maximum atomic E-state index is 5.86. The van der Waals surface area contributed by atoms with Crippen molar-refractivity contribution in [3.05, 3.63) is 29.3 Å². The Morgan fingerprint density at radius 3 is 2.73 bits per heavy atom. The smallest absolute Gasteiger partial charge is 0.0407 e. The van der Waals surface area contributed by atoms with Gasteiger partial charge in [0.15, 0.2) is 0 Å². The van der Waals surface area contributed by atoms with Gasteiger partial charge < -0.3 is 10.2 Å². The summed E-state index contributed by atoms with van der Waals surface area (Å²) in [4.78, 5) is 2.28. The largest absolute Gasteiger partial charge is 0.373 e. The second-order valence-corrected chi connectivity index (χ2v) is 4.59. The van der Waals surface area contributed by atoms with E-state index < -0.39 is 0 Å². The highest BCUT2D eigenvalue weighted by Crippen LogP contribution is 2.18. The Morgan fingerprint density at radius 1 is 1.40 bits per heavy atom. The molecule has 0 radical (unpaired) electrons. The number of anilines is 1. The van der Waals surface area contributed by atoms with Crippen molar-refractivity contribution in [3.63, 3.8) is 0 Å². The summed E-state index contributed by atoms with van der Waals surface area (Å²) in [7, 11) is 2.13. The minimum absolute atomic E-state index is 0.644. The van der Waals surface area contributed by atoms with Crippen LogP contribution in [0.15, 0.2) is 24.3 Å². The zero-order valence-electron chi connectivity index (χ0n) is 9.04. The molecule has 1 unspecified atom stereocenters. The van der Waals surface area contributed by atoms with Gasteiger partial charge in [-0.1, -0.05) is 11.6 Å². The number of nitrogens with one attached hydrogen (secondary N) is 1. The van der Waals surface area contributed by atoms with Crippen LogP contribution >= 0.6 is 11.6 Å². The molecule has 1 aliphatic heterocycles. The van der Waals surface area contributed by atoms with Gasteiger partial charge in [-0.05, 0) is 43.7 Å². The van der Waals surface area contributed by atoms with Crippen LogP contribution in [0.4, 0.5) is 5.69 Å². The van der Waals surface area contributed by atoms with Crippen LogP contribution < -0.4 is 10.2 Å². The molecule has 0 aliphatic carbocycles. The first-order valence-electron chi connectivity index (χ1n) is 5.46. The van der Waals surface area contributed by atoms with Crippen LogP contribution in [-0.4, -0.2) is 26.2 Å². The molecule has 0 aromatic heterocycles. The van der Waals surface area contributed by atoms with Crippen molar-refractivity contribution >= 4 is 17.3 Å². The fourth-order valence-corrected chi connectivity index (χ4v) is 2.17. The van der Waals surface area contributed by atoms with Gasteiger partial charge >= 0.3 is 0 Å². The van der Waals surface area contributed by atoms with Crippen LogP contribution in [0.25, 0.3) is 0 Å². The van der Waals surface area contributed by atoms with Crippen molar-refractivity contribution in [2.75, 3.05) is 25.0 Å². The standard InChI is InChI=1S/C12H17ClN2/c1-15(9-11-3-2-8-14-11)12-6-4-10(13)5-7-12/h4-7,11,14H,2-3,8-9H2,1H3. The third kappa shape index (κ3) is 2.86. The molecule has 0 spiro atoms. The van der Waals surface area contributed by atoms with E-state index in [1.165, 1.54) is 25.1 Å². The second-order valence-electron chi connectivity index (χ2n) is 4.15. The molecule has 1 heterocycles. The molecule has 0 saturated carbocycles. The predicted octanol–water partition coefficient (Wildman–Crippen LogP) is 2.53. The Kier molecular flexibility index (Phi) is 3.49. The molecule has 82 valence electrons. The van der Waals surface area contributed by atoms with Crippen LogP contribution in [0.3, 0.4) is 0 Å². The van der Waals surface area contributed by atoms with Gasteiger partial charge in [-0.15, -0.1) is 0 Å². The van der Waals surface area contributed by atoms with E-state index >= 15 is 0 Å². The molecule has 1 aromatic carbocycles. The first kappa shape index (κ1) is 10.8. The van der Waals surface area contributed by atoms with Crippen molar-refractivity contribution in [2.45, 2.75) is 18.9 Å². The summed E-state index contributed by atoms with van der Waals surface area (Å²) in [5.74, 6) is 0. The van der Waals surface area contributed by atoms with E-state index in [1.807, 2.05) is 12.1 Å². The van der Waals surface area contributed by atoms with E-state index in [9.17, 15) is 0 Å². The van der Waals surface area contributed by atoms with E-state index in [4.69, 9.17) is 11.6 Å². The van der Waals surface area contributed by atoms with Gasteiger partial charge in [0.25, 0.3) is 0 Å². The van der Waals surface area contributed by atoms with Gasteiger partial charge in [-0.2, -0.15) is 0 Å². The maximum Gasteiger partial charge on any atom is 0.0407 e. The summed E-state index contributed by atoms with van der Waals surface area (Å²) in [6.45, 7) is 2.24. The van der Waals surface area contributed by atoms with Crippen LogP contribution in [0.1, 0.15) is 12.8 Å². The zero-order chi connectivity index (χ0) is 10.7. The molecular formula is C12H17ClN2. The van der Waals surface area contributed by atoms with Crippen LogP contribution in [0.5, 0.6) is 0 Å². The molecule has 1 fully saturated rings. The first-order chi connectivity index (χ1) is 7.25. The highest BCUT2D eigenvalue weighted by Gasteiger charge is 2.15. The van der Waals surface area contributed by atoms with E-state index in [2.05, 4.69) is 29.4 Å². The lowest BCUT2D eigenvalue weighted by Crippen LogP contribution is -2.35. The first-order valence-corrected chi connectivity index (χ1v) is 5.83. The van der Waals surface area contributed by atoms with Crippen molar-refractivity contribution < 1.29 is 0 Å². The number of hydrogen-bond acceptors (Lipinski definition) is 2. The molecule has 1 atom stereocenters. The summed E-state index contributed by atoms with van der Waals surface area (Å²) < 4.78 is 0. The van der Waals surface area contributed by atoms with Gasteiger partial charge in [0.2, 0.25) is 0 Å². The van der Waals surface area contributed by atoms with Crippen LogP contribution in [0, 0.1) is 0 Å². The third-order valence-electron chi connectivity index (χ3n) is 2.92. The van der Waals surface area contributed by atoms with Gasteiger partial charge in [0, 0.05) is 30.3 Å². The molecule has 0 bridgehead atoms. The van der Waals surface area contributed by atoms with Gasteiger partial charge in [0.1, 0.15) is 0 Å². The fourth-order valence-electron chi connectivity index (χ4n) is 2.04. The second kappa shape index (κ2) is 4.86. The van der Waals surface area contributed by atoms with Crippen molar-refractivity contribution in [1.82, 2.24) is 5.32 Å². The summed E-state index contributed by atoms with van der Waals surface area (Å²) in [6, 6.07) is 8.66. The average Bonchev–Trinajstić information content (AvgIpc) is 2.71. The molecule has 1 aromatic rings. The Labute approximate surface area is 96.2 Å². The summed E-state index contributed by atoms with van der Waals surface area (Å²) >= 11 is 5.86. The molecule has 1 saturated heterocycles. The SMILES string of the molecule is CN(CC1CCCN1)c1ccc(Cl)cc1. The van der Waals surface area contributed by atoms with Crippen molar-refractivity contribution in [3.8, 4) is 0 Å². The lowest BCUT2D eigenvalue weighted by molar-refractivity contribution is 0.600. The van der Waals surface area contributed by atoms with Crippen molar-refractivity contribution in [1.29, 1.82) is 0 Å². The minimum Gasteiger partial charge on any atom is -0.373 e. The van der Waals surface area contributed by atoms with Gasteiger partial charge in [0.05, 0.1) is 0 Å². The summed E-state index contributed by atoms with van der Waals surface area (Å²) in [5.41, 5.74) is 1.23. The Balaban J connectivity index is 1.94. The molecule has 1 aliphatic rings. The zero-order valence-corrected chi connectivity index (χ0v) is 9.80. The van der Waals surface area contributed by atoms with Crippen LogP contribution in [0.2, 0.25) is 5.02 Å². The lowest BCUT2D eigenvalue weighted by Gasteiger charge is -2.23.